The Balaban J connectivity index is 2.08. The first-order valence-corrected chi connectivity index (χ1v) is 2.19. The predicted octanol–water partition coefficient (Wildman–Crippen LogP) is -0.521. The number of ether oxygens (including phenoxy) is 1. The molecule has 0 aromatic rings. The molecule has 1 aliphatic rings. The standard InChI is InChI=1S/C4H7NO2/c1-3(6)7-4-2-5-4/h4-5H,2H2,1H3. The molecule has 0 radical (unpaired) electrons. The van der Waals surface area contributed by atoms with Crippen LogP contribution in [0.4, 0.5) is 0 Å². The Bertz CT molecular complexity index is 87.7. The van der Waals surface area contributed by atoms with Gasteiger partial charge in [0.05, 0.1) is 0 Å². The van der Waals surface area contributed by atoms with Crippen molar-refractivity contribution in [2.45, 2.75) is 13.2 Å². The van der Waals surface area contributed by atoms with Crippen LogP contribution in [0.1, 0.15) is 6.92 Å². The summed E-state index contributed by atoms with van der Waals surface area (Å²) in [6.45, 7) is 2.22. The van der Waals surface area contributed by atoms with Gasteiger partial charge in [-0.15, -0.1) is 0 Å². The van der Waals surface area contributed by atoms with Crippen LogP contribution in [0.2, 0.25) is 0 Å². The van der Waals surface area contributed by atoms with E-state index in [-0.39, 0.29) is 12.2 Å². The number of hydrogen-bond donors (Lipinski definition) is 1. The molecule has 0 spiro atoms. The van der Waals surface area contributed by atoms with Gasteiger partial charge in [-0.25, -0.2) is 0 Å². The molecule has 0 aliphatic carbocycles. The van der Waals surface area contributed by atoms with Crippen LogP contribution in [0.5, 0.6) is 0 Å². The van der Waals surface area contributed by atoms with Gasteiger partial charge in [0, 0.05) is 13.5 Å². The average Bonchev–Trinajstić information content (AvgIpc) is 2.17. The van der Waals surface area contributed by atoms with Gasteiger partial charge in [-0.2, -0.15) is 0 Å². The molecule has 0 bridgehead atoms. The van der Waals surface area contributed by atoms with Gasteiger partial charge in [-0.1, -0.05) is 0 Å². The molecule has 1 rings (SSSR count). The van der Waals surface area contributed by atoms with E-state index in [1.807, 2.05) is 0 Å². The van der Waals surface area contributed by atoms with Gasteiger partial charge in [0.1, 0.15) is 0 Å². The van der Waals surface area contributed by atoms with Crippen LogP contribution in [-0.4, -0.2) is 18.7 Å². The zero-order valence-corrected chi connectivity index (χ0v) is 4.10. The van der Waals surface area contributed by atoms with Crippen molar-refractivity contribution in [2.75, 3.05) is 6.54 Å². The van der Waals surface area contributed by atoms with Gasteiger partial charge in [0.15, 0.2) is 6.23 Å². The SMILES string of the molecule is CC(=O)OC1CN1. The lowest BCUT2D eigenvalue weighted by Crippen LogP contribution is -2.03. The van der Waals surface area contributed by atoms with Crippen LogP contribution in [0, 0.1) is 0 Å². The predicted molar refractivity (Wildman–Crippen MR) is 23.6 cm³/mol. The maximum absolute atomic E-state index is 10.0. The lowest BCUT2D eigenvalue weighted by atomic mass is 10.8. The van der Waals surface area contributed by atoms with Gasteiger partial charge in [0.2, 0.25) is 0 Å². The summed E-state index contributed by atoms with van der Waals surface area (Å²) in [6, 6.07) is 0. The molecule has 1 aliphatic heterocycles. The van der Waals surface area contributed by atoms with E-state index in [0.29, 0.717) is 0 Å². The van der Waals surface area contributed by atoms with E-state index >= 15 is 0 Å². The summed E-state index contributed by atoms with van der Waals surface area (Å²) in [5.41, 5.74) is 0. The Labute approximate surface area is 41.7 Å². The maximum Gasteiger partial charge on any atom is 0.304 e. The van der Waals surface area contributed by atoms with Crippen molar-refractivity contribution in [3.05, 3.63) is 0 Å². The summed E-state index contributed by atoms with van der Waals surface area (Å²) in [5, 5.41) is 2.82. The number of hydrogen-bond acceptors (Lipinski definition) is 3. The van der Waals surface area contributed by atoms with Crippen LogP contribution < -0.4 is 5.32 Å². The Morgan fingerprint density at radius 1 is 2.00 bits per heavy atom. The second-order valence-electron chi connectivity index (χ2n) is 1.51. The summed E-state index contributed by atoms with van der Waals surface area (Å²) in [7, 11) is 0. The molecule has 40 valence electrons. The molecule has 3 nitrogen and oxygen atoms in total. The highest BCUT2D eigenvalue weighted by Gasteiger charge is 2.22. The molecule has 0 aromatic heterocycles. The summed E-state index contributed by atoms with van der Waals surface area (Å²) in [4.78, 5) is 10.0. The third-order valence-corrected chi connectivity index (χ3v) is 0.679. The first-order chi connectivity index (χ1) is 3.29. The zero-order valence-electron chi connectivity index (χ0n) is 4.10. The Morgan fingerprint density at radius 2 is 2.57 bits per heavy atom. The van der Waals surface area contributed by atoms with E-state index < -0.39 is 0 Å². The molecular formula is C4H7NO2. The summed E-state index contributed by atoms with van der Waals surface area (Å²) in [6.07, 6.45) is 0.0255. The van der Waals surface area contributed by atoms with E-state index in [1.54, 1.807) is 0 Å². The maximum atomic E-state index is 10.0. The van der Waals surface area contributed by atoms with Crippen molar-refractivity contribution in [1.29, 1.82) is 0 Å². The molecule has 3 heteroatoms. The van der Waals surface area contributed by atoms with Gasteiger partial charge < -0.3 is 4.74 Å². The van der Waals surface area contributed by atoms with Gasteiger partial charge >= 0.3 is 5.97 Å². The fraction of sp³-hybridized carbons (Fsp3) is 0.750. The molecule has 0 amide bonds. The summed E-state index contributed by atoms with van der Waals surface area (Å²) < 4.78 is 4.61. The minimum absolute atomic E-state index is 0.0255. The second-order valence-corrected chi connectivity index (χ2v) is 1.51. The first-order valence-electron chi connectivity index (χ1n) is 2.19. The number of esters is 1. The van der Waals surface area contributed by atoms with E-state index in [0.717, 1.165) is 6.54 Å². The highest BCUT2D eigenvalue weighted by atomic mass is 16.6. The Morgan fingerprint density at radius 3 is 2.71 bits per heavy atom. The van der Waals surface area contributed by atoms with E-state index in [1.165, 1.54) is 6.92 Å². The zero-order chi connectivity index (χ0) is 5.28. The molecule has 1 saturated heterocycles. The molecule has 0 aromatic carbocycles. The van der Waals surface area contributed by atoms with E-state index in [2.05, 4.69) is 10.1 Å². The van der Waals surface area contributed by atoms with Crippen molar-refractivity contribution >= 4 is 5.97 Å². The van der Waals surface area contributed by atoms with Gasteiger partial charge in [-0.3, -0.25) is 10.1 Å². The molecule has 1 fully saturated rings. The largest absolute Gasteiger partial charge is 0.445 e. The summed E-state index contributed by atoms with van der Waals surface area (Å²) in [5.74, 6) is -0.213. The van der Waals surface area contributed by atoms with Crippen LogP contribution in [0.3, 0.4) is 0 Å². The van der Waals surface area contributed by atoms with Crippen molar-refractivity contribution in [1.82, 2.24) is 5.32 Å². The summed E-state index contributed by atoms with van der Waals surface area (Å²) >= 11 is 0. The van der Waals surface area contributed by atoms with Crippen LogP contribution in [0.15, 0.2) is 0 Å². The van der Waals surface area contributed by atoms with Crippen molar-refractivity contribution < 1.29 is 9.53 Å². The lowest BCUT2D eigenvalue weighted by Gasteiger charge is -1.91. The third-order valence-electron chi connectivity index (χ3n) is 0.679. The monoisotopic (exact) mass is 101 g/mol. The topological polar surface area (TPSA) is 48.2 Å². The molecule has 1 unspecified atom stereocenters. The Kier molecular flexibility index (Phi) is 0.982. The minimum atomic E-state index is -0.213. The number of carbonyl (C=O) groups excluding carboxylic acids is 1. The molecular weight excluding hydrogens is 94.0 g/mol. The first kappa shape index (κ1) is 4.59. The molecule has 0 saturated carbocycles. The molecule has 1 atom stereocenters. The Hall–Kier alpha value is -0.570. The van der Waals surface area contributed by atoms with E-state index in [4.69, 9.17) is 0 Å². The minimum Gasteiger partial charge on any atom is -0.445 e. The fourth-order valence-corrected chi connectivity index (χ4v) is 0.332. The number of nitrogens with one attached hydrogen (secondary N) is 1. The molecule has 1 N–H and O–H groups in total. The van der Waals surface area contributed by atoms with Gasteiger partial charge in [0.25, 0.3) is 0 Å². The second kappa shape index (κ2) is 1.50. The molecule has 1 heterocycles. The normalized spacial score (nSPS) is 26.7. The average molecular weight is 101 g/mol. The van der Waals surface area contributed by atoms with E-state index in [9.17, 15) is 4.79 Å². The number of rotatable bonds is 1. The van der Waals surface area contributed by atoms with Gasteiger partial charge in [-0.05, 0) is 0 Å². The quantitative estimate of drug-likeness (QED) is 0.357. The van der Waals surface area contributed by atoms with Crippen LogP contribution in [0.25, 0.3) is 0 Å². The van der Waals surface area contributed by atoms with Crippen molar-refractivity contribution in [3.8, 4) is 0 Å². The highest BCUT2D eigenvalue weighted by Crippen LogP contribution is 1.97. The fourth-order valence-electron chi connectivity index (χ4n) is 0.332. The number of carbonyl (C=O) groups is 1. The van der Waals surface area contributed by atoms with Crippen LogP contribution >= 0.6 is 0 Å². The lowest BCUT2D eigenvalue weighted by molar-refractivity contribution is -0.142. The van der Waals surface area contributed by atoms with Crippen LogP contribution in [-0.2, 0) is 9.53 Å². The van der Waals surface area contributed by atoms with Crippen molar-refractivity contribution in [2.24, 2.45) is 0 Å². The smallest absolute Gasteiger partial charge is 0.304 e. The highest BCUT2D eigenvalue weighted by molar-refractivity contribution is 5.66. The third kappa shape index (κ3) is 1.55. The molecule has 7 heavy (non-hydrogen) atoms. The van der Waals surface area contributed by atoms with Crippen molar-refractivity contribution in [3.63, 3.8) is 0 Å².